The summed E-state index contributed by atoms with van der Waals surface area (Å²) in [4.78, 5) is 26.3. The van der Waals surface area contributed by atoms with E-state index in [4.69, 9.17) is 0 Å². The van der Waals surface area contributed by atoms with Gasteiger partial charge in [0.05, 0.1) is 22.0 Å². The number of rotatable bonds is 6. The van der Waals surface area contributed by atoms with Crippen LogP contribution in [0.15, 0.2) is 40.6 Å². The number of benzene rings is 1. The largest absolute Gasteiger partial charge is 0.506 e. The number of thiophene rings is 1. The van der Waals surface area contributed by atoms with Crippen LogP contribution in [0.25, 0.3) is 0 Å². The number of likely N-dealkylation sites (N-methyl/N-ethyl adjacent to an activating group) is 1. The molecule has 1 fully saturated rings. The van der Waals surface area contributed by atoms with Crippen molar-refractivity contribution >= 4 is 38.9 Å². The lowest BCUT2D eigenvalue weighted by Gasteiger charge is -2.18. The summed E-state index contributed by atoms with van der Waals surface area (Å²) in [5, 5.41) is 14.3. The van der Waals surface area contributed by atoms with Crippen LogP contribution in [0.3, 0.4) is 0 Å². The zero-order chi connectivity index (χ0) is 20.3. The number of anilines is 1. The molecule has 0 atom stereocenters. The Morgan fingerprint density at radius 2 is 1.96 bits per heavy atom. The summed E-state index contributed by atoms with van der Waals surface area (Å²) in [5.74, 6) is -1.08. The SMILES string of the molecule is CN(CC(=O)Nc1cc(S(=O)(=O)N2CCCC2)ccc1O)C(=O)c1cccs1. The fourth-order valence-electron chi connectivity index (χ4n) is 2.92. The van der Waals surface area contributed by atoms with E-state index in [1.165, 1.54) is 45.8 Å². The van der Waals surface area contributed by atoms with Crippen molar-refractivity contribution in [1.29, 1.82) is 0 Å². The third kappa shape index (κ3) is 4.34. The van der Waals surface area contributed by atoms with Crippen LogP contribution < -0.4 is 5.32 Å². The average molecular weight is 424 g/mol. The molecule has 2 amide bonds. The van der Waals surface area contributed by atoms with E-state index >= 15 is 0 Å². The molecule has 2 N–H and O–H groups in total. The second kappa shape index (κ2) is 8.29. The zero-order valence-corrected chi connectivity index (χ0v) is 16.9. The number of amides is 2. The fourth-order valence-corrected chi connectivity index (χ4v) is 5.18. The van der Waals surface area contributed by atoms with Crippen molar-refractivity contribution in [3.63, 3.8) is 0 Å². The quantitative estimate of drug-likeness (QED) is 0.691. The van der Waals surface area contributed by atoms with Crippen molar-refractivity contribution in [3.8, 4) is 5.75 Å². The van der Waals surface area contributed by atoms with Gasteiger partial charge in [0.2, 0.25) is 15.9 Å². The van der Waals surface area contributed by atoms with Gasteiger partial charge >= 0.3 is 0 Å². The van der Waals surface area contributed by atoms with Crippen molar-refractivity contribution < 1.29 is 23.1 Å². The highest BCUT2D eigenvalue weighted by Crippen LogP contribution is 2.29. The Hall–Kier alpha value is -2.43. The first-order valence-corrected chi connectivity index (χ1v) is 11.0. The predicted molar refractivity (Wildman–Crippen MR) is 106 cm³/mol. The minimum absolute atomic E-state index is 0.00511. The molecule has 0 bridgehead atoms. The summed E-state index contributed by atoms with van der Waals surface area (Å²) in [5.41, 5.74) is -0.0118. The van der Waals surface area contributed by atoms with Crippen LogP contribution in [0.1, 0.15) is 22.5 Å². The van der Waals surface area contributed by atoms with E-state index in [9.17, 15) is 23.1 Å². The summed E-state index contributed by atoms with van der Waals surface area (Å²) >= 11 is 1.28. The van der Waals surface area contributed by atoms with Crippen LogP contribution in [0.2, 0.25) is 0 Å². The first-order chi connectivity index (χ1) is 13.3. The van der Waals surface area contributed by atoms with E-state index in [1.807, 2.05) is 0 Å². The Bertz CT molecular complexity index is 967. The van der Waals surface area contributed by atoms with Gasteiger partial charge in [-0.2, -0.15) is 4.31 Å². The number of phenols is 1. The van der Waals surface area contributed by atoms with Gasteiger partial charge in [0.25, 0.3) is 5.91 Å². The molecule has 0 radical (unpaired) electrons. The molecule has 3 rings (SSSR count). The molecule has 0 saturated carbocycles. The van der Waals surface area contributed by atoms with Crippen LogP contribution in [-0.2, 0) is 14.8 Å². The normalized spacial score (nSPS) is 14.8. The van der Waals surface area contributed by atoms with Crippen molar-refractivity contribution in [3.05, 3.63) is 40.6 Å². The first-order valence-electron chi connectivity index (χ1n) is 8.71. The number of sulfonamides is 1. The standard InChI is InChI=1S/C18H21N3O5S2/c1-20(18(24)16-5-4-10-27-16)12-17(23)19-14-11-13(6-7-15(14)22)28(25,26)21-8-2-3-9-21/h4-7,10-11,22H,2-3,8-9,12H2,1H3,(H,19,23). The van der Waals surface area contributed by atoms with Gasteiger partial charge in [0, 0.05) is 20.1 Å². The molecule has 2 aromatic rings. The molecule has 1 aliphatic rings. The molecule has 1 aromatic heterocycles. The molecule has 1 aliphatic heterocycles. The maximum atomic E-state index is 12.7. The van der Waals surface area contributed by atoms with Crippen LogP contribution in [-0.4, -0.2) is 61.2 Å². The summed E-state index contributed by atoms with van der Waals surface area (Å²) in [6, 6.07) is 7.20. The molecule has 10 heteroatoms. The number of carbonyl (C=O) groups excluding carboxylic acids is 2. The van der Waals surface area contributed by atoms with Crippen molar-refractivity contribution in [2.24, 2.45) is 0 Å². The number of nitrogens with zero attached hydrogens (tertiary/aromatic N) is 2. The van der Waals surface area contributed by atoms with Gasteiger partial charge in [0.1, 0.15) is 5.75 Å². The Morgan fingerprint density at radius 1 is 1.25 bits per heavy atom. The van der Waals surface area contributed by atoms with Crippen molar-refractivity contribution in [2.75, 3.05) is 32.0 Å². The second-order valence-electron chi connectivity index (χ2n) is 6.48. The Balaban J connectivity index is 1.71. The smallest absolute Gasteiger partial charge is 0.264 e. The number of hydrogen-bond acceptors (Lipinski definition) is 6. The van der Waals surface area contributed by atoms with Crippen LogP contribution in [0.4, 0.5) is 5.69 Å². The number of nitrogens with one attached hydrogen (secondary N) is 1. The van der Waals surface area contributed by atoms with Gasteiger partial charge in [0.15, 0.2) is 0 Å². The van der Waals surface area contributed by atoms with Crippen LogP contribution in [0, 0.1) is 0 Å². The molecule has 0 spiro atoms. The van der Waals surface area contributed by atoms with Gasteiger partial charge in [-0.15, -0.1) is 11.3 Å². The van der Waals surface area contributed by atoms with Crippen LogP contribution in [0.5, 0.6) is 5.75 Å². The Labute approximate surface area is 167 Å². The topological polar surface area (TPSA) is 107 Å². The predicted octanol–water partition coefficient (Wildman–Crippen LogP) is 1.95. The summed E-state index contributed by atoms with van der Waals surface area (Å²) < 4.78 is 26.7. The van der Waals surface area contributed by atoms with Gasteiger partial charge in [-0.05, 0) is 42.5 Å². The molecule has 1 saturated heterocycles. The second-order valence-corrected chi connectivity index (χ2v) is 9.36. The molecular formula is C18H21N3O5S2. The number of aromatic hydroxyl groups is 1. The van der Waals surface area contributed by atoms with Crippen molar-refractivity contribution in [1.82, 2.24) is 9.21 Å². The summed E-state index contributed by atoms with van der Waals surface area (Å²) in [7, 11) is -2.18. The molecule has 0 aliphatic carbocycles. The highest BCUT2D eigenvalue weighted by Gasteiger charge is 2.28. The fraction of sp³-hybridized carbons (Fsp3) is 0.333. The van der Waals surface area contributed by atoms with Crippen LogP contribution >= 0.6 is 11.3 Å². The lowest BCUT2D eigenvalue weighted by Crippen LogP contribution is -2.34. The van der Waals surface area contributed by atoms with Gasteiger partial charge in [-0.3, -0.25) is 9.59 Å². The summed E-state index contributed by atoms with van der Waals surface area (Å²) in [6.45, 7) is 0.681. The molecule has 150 valence electrons. The van der Waals surface area contributed by atoms with Gasteiger partial charge < -0.3 is 15.3 Å². The Kier molecular flexibility index (Phi) is 6.01. The highest BCUT2D eigenvalue weighted by atomic mass is 32.2. The lowest BCUT2D eigenvalue weighted by molar-refractivity contribution is -0.116. The molecule has 1 aromatic carbocycles. The third-order valence-electron chi connectivity index (χ3n) is 4.40. The number of carbonyl (C=O) groups is 2. The first kappa shape index (κ1) is 20.3. The number of phenolic OH excluding ortho intramolecular Hbond substituents is 1. The average Bonchev–Trinajstić information content (AvgIpc) is 3.36. The molecule has 0 unspecified atom stereocenters. The summed E-state index contributed by atoms with van der Waals surface area (Å²) in [6.07, 6.45) is 1.62. The zero-order valence-electron chi connectivity index (χ0n) is 15.3. The van der Waals surface area contributed by atoms with E-state index in [-0.39, 0.29) is 28.8 Å². The van der Waals surface area contributed by atoms with Crippen molar-refractivity contribution in [2.45, 2.75) is 17.7 Å². The highest BCUT2D eigenvalue weighted by molar-refractivity contribution is 7.89. The van der Waals surface area contributed by atoms with Gasteiger partial charge in [-0.25, -0.2) is 8.42 Å². The minimum Gasteiger partial charge on any atom is -0.506 e. The number of hydrogen-bond donors (Lipinski definition) is 2. The van der Waals surface area contributed by atoms with E-state index in [0.29, 0.717) is 18.0 Å². The molecule has 2 heterocycles. The van der Waals surface area contributed by atoms with E-state index in [0.717, 1.165) is 12.8 Å². The molecule has 8 nitrogen and oxygen atoms in total. The Morgan fingerprint density at radius 3 is 2.61 bits per heavy atom. The monoisotopic (exact) mass is 423 g/mol. The van der Waals surface area contributed by atoms with Gasteiger partial charge in [-0.1, -0.05) is 6.07 Å². The maximum Gasteiger partial charge on any atom is 0.264 e. The van der Waals surface area contributed by atoms with E-state index in [2.05, 4.69) is 5.32 Å². The lowest BCUT2D eigenvalue weighted by atomic mass is 10.3. The van der Waals surface area contributed by atoms with E-state index < -0.39 is 15.9 Å². The molecular weight excluding hydrogens is 402 g/mol. The maximum absolute atomic E-state index is 12.7. The van der Waals surface area contributed by atoms with E-state index in [1.54, 1.807) is 17.5 Å². The minimum atomic E-state index is -3.67. The third-order valence-corrected chi connectivity index (χ3v) is 7.16. The molecule has 28 heavy (non-hydrogen) atoms.